The molecule has 1 aliphatic rings. The second-order valence-electron chi connectivity index (χ2n) is 3.64. The average Bonchev–Trinajstić information content (AvgIpc) is 2.57. The molecule has 1 aromatic heterocycles. The van der Waals surface area contributed by atoms with Gasteiger partial charge in [-0.2, -0.15) is 0 Å². The minimum atomic E-state index is -1.38. The SMILES string of the molecule is CC[C@H]1OC(n2ccc(=O)[nH]c2=O)=C(F)C1O. The minimum absolute atomic E-state index is 0.370. The Balaban J connectivity index is 2.48. The van der Waals surface area contributed by atoms with Crippen molar-refractivity contribution in [3.8, 4) is 0 Å². The van der Waals surface area contributed by atoms with Gasteiger partial charge in [0.1, 0.15) is 12.2 Å². The average molecular weight is 242 g/mol. The van der Waals surface area contributed by atoms with Crippen molar-refractivity contribution in [2.45, 2.75) is 25.6 Å². The molecule has 2 atom stereocenters. The van der Waals surface area contributed by atoms with Crippen LogP contribution in [0.1, 0.15) is 13.3 Å². The summed E-state index contributed by atoms with van der Waals surface area (Å²) in [6.07, 6.45) is -0.602. The van der Waals surface area contributed by atoms with E-state index in [9.17, 15) is 19.1 Å². The number of nitrogens with one attached hydrogen (secondary N) is 1. The Morgan fingerprint density at radius 1 is 1.59 bits per heavy atom. The molecule has 0 saturated carbocycles. The van der Waals surface area contributed by atoms with Crippen LogP contribution in [0.3, 0.4) is 0 Å². The Labute approximate surface area is 95.0 Å². The van der Waals surface area contributed by atoms with Crippen molar-refractivity contribution in [2.75, 3.05) is 0 Å². The van der Waals surface area contributed by atoms with Crippen LogP contribution in [-0.2, 0) is 4.74 Å². The van der Waals surface area contributed by atoms with Crippen LogP contribution in [0.4, 0.5) is 4.39 Å². The molecule has 0 amide bonds. The molecule has 0 saturated heterocycles. The fraction of sp³-hybridized carbons (Fsp3) is 0.400. The fourth-order valence-corrected chi connectivity index (χ4v) is 1.61. The molecule has 0 fully saturated rings. The lowest BCUT2D eigenvalue weighted by Gasteiger charge is -2.12. The number of ether oxygens (including phenoxy) is 1. The first-order chi connectivity index (χ1) is 8.04. The Kier molecular flexibility index (Phi) is 2.84. The lowest BCUT2D eigenvalue weighted by atomic mass is 10.2. The van der Waals surface area contributed by atoms with Crippen LogP contribution in [0.5, 0.6) is 0 Å². The molecule has 0 radical (unpaired) electrons. The van der Waals surface area contributed by atoms with Crippen molar-refractivity contribution in [1.82, 2.24) is 9.55 Å². The zero-order valence-corrected chi connectivity index (χ0v) is 9.01. The standard InChI is InChI=1S/C10H11FN2O4/c1-2-5-8(15)7(11)9(17-5)13-4-3-6(14)12-10(13)16/h3-5,8,15H,2H2,1H3,(H,12,14,16)/t5-,8?/m1/s1. The first-order valence-corrected chi connectivity index (χ1v) is 5.11. The van der Waals surface area contributed by atoms with Crippen molar-refractivity contribution in [2.24, 2.45) is 0 Å². The highest BCUT2D eigenvalue weighted by Crippen LogP contribution is 2.30. The quantitative estimate of drug-likeness (QED) is 0.752. The predicted molar refractivity (Wildman–Crippen MR) is 56.8 cm³/mol. The smallest absolute Gasteiger partial charge is 0.335 e. The number of aromatic amines is 1. The number of halogens is 1. The zero-order valence-electron chi connectivity index (χ0n) is 9.01. The predicted octanol–water partition coefficient (Wildman–Crippen LogP) is -0.198. The summed E-state index contributed by atoms with van der Waals surface area (Å²) in [4.78, 5) is 24.2. The highest BCUT2D eigenvalue weighted by molar-refractivity contribution is 5.45. The van der Waals surface area contributed by atoms with Gasteiger partial charge in [0.2, 0.25) is 5.88 Å². The Hall–Kier alpha value is -1.89. The summed E-state index contributed by atoms with van der Waals surface area (Å²) in [5.74, 6) is -1.28. The van der Waals surface area contributed by atoms with Gasteiger partial charge in [-0.1, -0.05) is 6.92 Å². The summed E-state index contributed by atoms with van der Waals surface area (Å²) < 4.78 is 19.6. The summed E-state index contributed by atoms with van der Waals surface area (Å²) in [5, 5.41) is 9.49. The summed E-state index contributed by atoms with van der Waals surface area (Å²) in [5.41, 5.74) is -1.40. The maximum absolute atomic E-state index is 13.6. The molecule has 2 rings (SSSR count). The Morgan fingerprint density at radius 2 is 2.29 bits per heavy atom. The second-order valence-corrected chi connectivity index (χ2v) is 3.64. The Bertz CT molecular complexity index is 574. The maximum Gasteiger partial charge on any atom is 0.335 e. The van der Waals surface area contributed by atoms with Gasteiger partial charge in [-0.15, -0.1) is 0 Å². The van der Waals surface area contributed by atoms with E-state index in [1.165, 1.54) is 0 Å². The Morgan fingerprint density at radius 3 is 2.82 bits per heavy atom. The highest BCUT2D eigenvalue weighted by Gasteiger charge is 2.36. The number of aliphatic hydroxyl groups is 1. The molecule has 2 heterocycles. The lowest BCUT2D eigenvalue weighted by molar-refractivity contribution is 0.0551. The molecule has 0 aromatic carbocycles. The van der Waals surface area contributed by atoms with Gasteiger partial charge in [-0.3, -0.25) is 9.78 Å². The van der Waals surface area contributed by atoms with Crippen LogP contribution in [0.15, 0.2) is 27.7 Å². The number of rotatable bonds is 2. The van der Waals surface area contributed by atoms with Gasteiger partial charge >= 0.3 is 5.69 Å². The van der Waals surface area contributed by atoms with Crippen molar-refractivity contribution < 1.29 is 14.2 Å². The molecule has 7 heteroatoms. The van der Waals surface area contributed by atoms with E-state index >= 15 is 0 Å². The van der Waals surface area contributed by atoms with Crippen LogP contribution in [0.25, 0.3) is 5.88 Å². The normalized spacial score (nSPS) is 23.9. The highest BCUT2D eigenvalue weighted by atomic mass is 19.1. The number of aromatic nitrogens is 2. The van der Waals surface area contributed by atoms with E-state index in [2.05, 4.69) is 0 Å². The summed E-state index contributed by atoms with van der Waals surface area (Å²) >= 11 is 0. The molecule has 0 aliphatic carbocycles. The van der Waals surface area contributed by atoms with E-state index < -0.39 is 29.3 Å². The van der Waals surface area contributed by atoms with Gasteiger partial charge in [0.05, 0.1) is 0 Å². The lowest BCUT2D eigenvalue weighted by Crippen LogP contribution is -2.28. The van der Waals surface area contributed by atoms with E-state index in [0.29, 0.717) is 6.42 Å². The minimum Gasteiger partial charge on any atom is -0.470 e. The molecule has 1 unspecified atom stereocenters. The summed E-state index contributed by atoms with van der Waals surface area (Å²) in [6, 6.07) is 1.07. The van der Waals surface area contributed by atoms with Gasteiger partial charge in [0, 0.05) is 12.3 Å². The van der Waals surface area contributed by atoms with Gasteiger partial charge in [0.25, 0.3) is 5.56 Å². The molecule has 1 aliphatic heterocycles. The van der Waals surface area contributed by atoms with Crippen molar-refractivity contribution in [3.63, 3.8) is 0 Å². The van der Waals surface area contributed by atoms with Crippen molar-refractivity contribution >= 4 is 5.88 Å². The molecule has 0 bridgehead atoms. The monoisotopic (exact) mass is 242 g/mol. The molecule has 6 nitrogen and oxygen atoms in total. The van der Waals surface area contributed by atoms with E-state index in [1.54, 1.807) is 6.92 Å². The zero-order chi connectivity index (χ0) is 12.6. The number of H-pyrrole nitrogens is 1. The largest absolute Gasteiger partial charge is 0.470 e. The van der Waals surface area contributed by atoms with Gasteiger partial charge < -0.3 is 9.84 Å². The third-order valence-corrected chi connectivity index (χ3v) is 2.52. The summed E-state index contributed by atoms with van der Waals surface area (Å²) in [7, 11) is 0. The van der Waals surface area contributed by atoms with Gasteiger partial charge in [0.15, 0.2) is 5.83 Å². The third-order valence-electron chi connectivity index (χ3n) is 2.52. The van der Waals surface area contributed by atoms with E-state index in [4.69, 9.17) is 4.74 Å². The van der Waals surface area contributed by atoms with Crippen molar-refractivity contribution in [1.29, 1.82) is 0 Å². The number of nitrogens with zero attached hydrogens (tertiary/aromatic N) is 1. The van der Waals surface area contributed by atoms with Crippen LogP contribution in [-0.4, -0.2) is 26.9 Å². The first-order valence-electron chi connectivity index (χ1n) is 5.11. The second kappa shape index (κ2) is 4.17. The fourth-order valence-electron chi connectivity index (χ4n) is 1.61. The van der Waals surface area contributed by atoms with Crippen molar-refractivity contribution in [3.05, 3.63) is 38.9 Å². The number of hydrogen-bond acceptors (Lipinski definition) is 4. The molecule has 0 spiro atoms. The molecule has 1 aromatic rings. The van der Waals surface area contributed by atoms with Gasteiger partial charge in [-0.25, -0.2) is 13.8 Å². The number of hydrogen-bond donors (Lipinski definition) is 2. The molecule has 2 N–H and O–H groups in total. The van der Waals surface area contributed by atoms with E-state index in [0.717, 1.165) is 16.8 Å². The van der Waals surface area contributed by atoms with Crippen LogP contribution in [0, 0.1) is 0 Å². The van der Waals surface area contributed by atoms with E-state index in [-0.39, 0.29) is 5.88 Å². The molecule has 92 valence electrons. The van der Waals surface area contributed by atoms with Crippen LogP contribution >= 0.6 is 0 Å². The molecular formula is C10H11FN2O4. The van der Waals surface area contributed by atoms with E-state index in [1.807, 2.05) is 4.98 Å². The molecular weight excluding hydrogens is 231 g/mol. The molecule has 17 heavy (non-hydrogen) atoms. The van der Waals surface area contributed by atoms with Crippen LogP contribution < -0.4 is 11.2 Å². The maximum atomic E-state index is 13.6. The topological polar surface area (TPSA) is 84.3 Å². The van der Waals surface area contributed by atoms with Gasteiger partial charge in [-0.05, 0) is 6.42 Å². The number of aliphatic hydroxyl groups excluding tert-OH is 1. The first kappa shape index (κ1) is 11.6. The van der Waals surface area contributed by atoms with Crippen LogP contribution in [0.2, 0.25) is 0 Å². The third kappa shape index (κ3) is 1.89. The summed E-state index contributed by atoms with van der Waals surface area (Å²) in [6.45, 7) is 1.72.